The van der Waals surface area contributed by atoms with Crippen LogP contribution < -0.4 is 0 Å². The zero-order valence-corrected chi connectivity index (χ0v) is 42.9. The van der Waals surface area contributed by atoms with Crippen LogP contribution in [0.15, 0.2) is 12.2 Å². The van der Waals surface area contributed by atoms with Crippen LogP contribution >= 0.6 is 23.5 Å². The lowest BCUT2D eigenvalue weighted by molar-refractivity contribution is -0.213. The third kappa shape index (κ3) is 34.0. The van der Waals surface area contributed by atoms with Crippen molar-refractivity contribution in [1.29, 1.82) is 0 Å². The summed E-state index contributed by atoms with van der Waals surface area (Å²) in [7, 11) is -16.6. The number of allylic oxidation sites excluding steroid dienone is 2. The van der Waals surface area contributed by atoms with Crippen LogP contribution in [0.4, 0.5) is 0 Å². The van der Waals surface area contributed by atoms with Crippen LogP contribution in [-0.2, 0) is 50.9 Å². The van der Waals surface area contributed by atoms with E-state index in [0.29, 0.717) is 12.8 Å². The molecule has 22 heteroatoms. The van der Waals surface area contributed by atoms with E-state index < -0.39 is 91.3 Å². The second-order valence-electron chi connectivity index (χ2n) is 17.8. The third-order valence-electron chi connectivity index (χ3n) is 11.6. The molecule has 0 amide bonds. The van der Waals surface area contributed by atoms with E-state index in [-0.39, 0.29) is 12.8 Å². The molecule has 0 spiro atoms. The molecule has 0 aromatic heterocycles. The van der Waals surface area contributed by atoms with Gasteiger partial charge in [0.15, 0.2) is 6.10 Å². The van der Waals surface area contributed by atoms with Crippen molar-refractivity contribution in [3.8, 4) is 0 Å². The van der Waals surface area contributed by atoms with Gasteiger partial charge in [0, 0.05) is 12.8 Å². The van der Waals surface area contributed by atoms with Gasteiger partial charge in [0.05, 0.1) is 6.61 Å². The van der Waals surface area contributed by atoms with E-state index in [1.54, 1.807) is 0 Å². The standard InChI is InChI=1S/C45H87O19P3/c1-3-5-7-9-11-13-15-17-18-19-20-22-24-26-28-30-32-34-39(47)61-37(35-59-38(46)33-31-29-27-25-23-21-16-14-12-10-8-6-4-2)36-60-67(57,58)64-43-40(48)41(49)44(62-65(51,52)53)45(42(43)50)63-66(54,55)56/h17-18,37,40-45,48-50H,3-16,19-36H2,1-2H3,(H,57,58)(H2,51,52,53)(H2,54,55,56)/t37-,40?,41?,42?,43+,44?,45+/m1/s1. The van der Waals surface area contributed by atoms with E-state index in [0.717, 1.165) is 77.0 Å². The van der Waals surface area contributed by atoms with Crippen molar-refractivity contribution in [3.05, 3.63) is 12.2 Å². The van der Waals surface area contributed by atoms with Crippen molar-refractivity contribution >= 4 is 35.4 Å². The van der Waals surface area contributed by atoms with Gasteiger partial charge in [-0.25, -0.2) is 13.7 Å². The smallest absolute Gasteiger partial charge is 0.462 e. The van der Waals surface area contributed by atoms with Crippen molar-refractivity contribution in [3.63, 3.8) is 0 Å². The summed E-state index contributed by atoms with van der Waals surface area (Å²) >= 11 is 0. The van der Waals surface area contributed by atoms with E-state index in [1.165, 1.54) is 89.9 Å². The Bertz CT molecular complexity index is 1460. The molecule has 19 nitrogen and oxygen atoms in total. The zero-order chi connectivity index (χ0) is 50.0. The Labute approximate surface area is 399 Å². The molecule has 0 radical (unpaired) electrons. The minimum atomic E-state index is -5.60. The lowest BCUT2D eigenvalue weighted by atomic mass is 9.85. The summed E-state index contributed by atoms with van der Waals surface area (Å²) in [6.45, 7) is 2.95. The van der Waals surface area contributed by atoms with Gasteiger partial charge in [0.2, 0.25) is 0 Å². The Morgan fingerprint density at radius 3 is 1.24 bits per heavy atom. The van der Waals surface area contributed by atoms with E-state index in [4.69, 9.17) is 18.5 Å². The highest BCUT2D eigenvalue weighted by atomic mass is 31.2. The van der Waals surface area contributed by atoms with Crippen molar-refractivity contribution in [2.24, 2.45) is 0 Å². The van der Waals surface area contributed by atoms with Crippen LogP contribution in [0.25, 0.3) is 0 Å². The van der Waals surface area contributed by atoms with E-state index in [2.05, 4.69) is 35.0 Å². The molecule has 1 fully saturated rings. The molecule has 67 heavy (non-hydrogen) atoms. The number of hydrogen-bond acceptors (Lipinski definition) is 14. The van der Waals surface area contributed by atoms with Gasteiger partial charge < -0.3 is 49.3 Å². The molecule has 1 rings (SSSR count). The molecule has 0 aliphatic heterocycles. The van der Waals surface area contributed by atoms with Crippen LogP contribution in [0.5, 0.6) is 0 Å². The number of carbonyl (C=O) groups excluding carboxylic acids is 2. The molecule has 8 atom stereocenters. The highest BCUT2D eigenvalue weighted by molar-refractivity contribution is 7.47. The number of aliphatic hydroxyl groups is 3. The quantitative estimate of drug-likeness (QED) is 0.0122. The van der Waals surface area contributed by atoms with Crippen LogP contribution in [0.1, 0.15) is 206 Å². The number of aliphatic hydroxyl groups excluding tert-OH is 3. The monoisotopic (exact) mass is 1020 g/mol. The first kappa shape index (κ1) is 63.9. The maximum absolute atomic E-state index is 13.1. The third-order valence-corrected chi connectivity index (χ3v) is 13.6. The fourth-order valence-electron chi connectivity index (χ4n) is 7.81. The predicted molar refractivity (Wildman–Crippen MR) is 252 cm³/mol. The van der Waals surface area contributed by atoms with Crippen LogP contribution in [0.2, 0.25) is 0 Å². The summed E-state index contributed by atoms with van der Waals surface area (Å²) in [5, 5.41) is 31.9. The fraction of sp³-hybridized carbons (Fsp3) is 0.911. The average molecular weight is 1030 g/mol. The van der Waals surface area contributed by atoms with E-state index in [9.17, 15) is 63.1 Å². The van der Waals surface area contributed by atoms with Gasteiger partial charge in [0.25, 0.3) is 0 Å². The zero-order valence-electron chi connectivity index (χ0n) is 40.2. The van der Waals surface area contributed by atoms with Crippen molar-refractivity contribution in [1.82, 2.24) is 0 Å². The Morgan fingerprint density at radius 2 is 0.821 bits per heavy atom. The van der Waals surface area contributed by atoms with Crippen molar-refractivity contribution in [2.75, 3.05) is 13.2 Å². The summed E-state index contributed by atoms with van der Waals surface area (Å²) in [4.78, 5) is 73.2. The molecule has 8 N–H and O–H groups in total. The van der Waals surface area contributed by atoms with E-state index >= 15 is 0 Å². The molecule has 1 aliphatic rings. The van der Waals surface area contributed by atoms with Gasteiger partial charge in [-0.05, 0) is 38.5 Å². The fourth-order valence-corrected chi connectivity index (χ4v) is 9.91. The van der Waals surface area contributed by atoms with Gasteiger partial charge in [0.1, 0.15) is 43.2 Å². The molecule has 0 saturated heterocycles. The molecular weight excluding hydrogens is 937 g/mol. The number of ether oxygens (including phenoxy) is 2. The lowest BCUT2D eigenvalue weighted by Crippen LogP contribution is -2.65. The van der Waals surface area contributed by atoms with Gasteiger partial charge in [-0.1, -0.05) is 167 Å². The van der Waals surface area contributed by atoms with Gasteiger partial charge in [-0.3, -0.25) is 27.7 Å². The molecular formula is C45H87O19P3. The first-order valence-electron chi connectivity index (χ1n) is 25.0. The minimum absolute atomic E-state index is 0.00273. The summed E-state index contributed by atoms with van der Waals surface area (Å²) in [6.07, 6.45) is 19.4. The number of esters is 2. The Hall–Kier alpha value is -1.11. The maximum Gasteiger partial charge on any atom is 0.472 e. The summed E-state index contributed by atoms with van der Waals surface area (Å²) in [6, 6.07) is 0. The van der Waals surface area contributed by atoms with Gasteiger partial charge in [-0.15, -0.1) is 0 Å². The minimum Gasteiger partial charge on any atom is -0.462 e. The normalized spacial score (nSPS) is 21.6. The molecule has 0 aromatic carbocycles. The lowest BCUT2D eigenvalue weighted by Gasteiger charge is -2.44. The summed E-state index contributed by atoms with van der Waals surface area (Å²) in [5.74, 6) is -1.29. The molecule has 396 valence electrons. The Morgan fingerprint density at radius 1 is 0.463 bits per heavy atom. The number of carbonyl (C=O) groups is 2. The van der Waals surface area contributed by atoms with Crippen LogP contribution in [0.3, 0.4) is 0 Å². The second kappa shape index (κ2) is 37.6. The number of rotatable bonds is 43. The predicted octanol–water partition coefficient (Wildman–Crippen LogP) is 9.29. The molecule has 0 aromatic rings. The number of hydrogen-bond donors (Lipinski definition) is 8. The van der Waals surface area contributed by atoms with Crippen LogP contribution in [0, 0.1) is 0 Å². The Balaban J connectivity index is 2.70. The topological polar surface area (TPSA) is 303 Å². The summed E-state index contributed by atoms with van der Waals surface area (Å²) in [5.41, 5.74) is 0. The largest absolute Gasteiger partial charge is 0.472 e. The maximum atomic E-state index is 13.1. The highest BCUT2D eigenvalue weighted by Gasteiger charge is 2.56. The molecule has 0 heterocycles. The molecule has 5 unspecified atom stereocenters. The molecule has 1 saturated carbocycles. The summed E-state index contributed by atoms with van der Waals surface area (Å²) < 4.78 is 65.5. The highest BCUT2D eigenvalue weighted by Crippen LogP contribution is 2.51. The molecule has 1 aliphatic carbocycles. The second-order valence-corrected chi connectivity index (χ2v) is 21.5. The van der Waals surface area contributed by atoms with Crippen molar-refractivity contribution in [2.45, 2.75) is 249 Å². The van der Waals surface area contributed by atoms with Crippen molar-refractivity contribution < 1.29 is 90.6 Å². The first-order chi connectivity index (χ1) is 31.8. The SMILES string of the molecule is CCCCCCCCC=CCCCCCCCCCC(=O)O[C@H](COC(=O)CCCCCCCCCCCCCCC)COP(=O)(O)O[C@H]1C(O)C(O)C(OP(=O)(O)O)[C@@H](OP(=O)(O)O)C1O. The number of phosphoric acid groups is 3. The van der Waals surface area contributed by atoms with Crippen LogP contribution in [-0.4, -0.2) is 108 Å². The van der Waals surface area contributed by atoms with Gasteiger partial charge >= 0.3 is 35.4 Å². The number of unbranched alkanes of at least 4 members (excludes halogenated alkanes) is 25. The molecule has 0 bridgehead atoms. The van der Waals surface area contributed by atoms with E-state index in [1.807, 2.05) is 0 Å². The number of phosphoric ester groups is 3. The first-order valence-corrected chi connectivity index (χ1v) is 29.5. The Kier molecular flexibility index (Phi) is 35.9. The van der Waals surface area contributed by atoms with Gasteiger partial charge in [-0.2, -0.15) is 0 Å². The average Bonchev–Trinajstić information content (AvgIpc) is 3.25.